The van der Waals surface area contributed by atoms with E-state index in [0.29, 0.717) is 10.4 Å². The largest absolute Gasteiger partial charge is 0.495 e. The molecule has 6 heteroatoms. The molecular formula is C19H19FN2O2S. The first kappa shape index (κ1) is 17.4. The average molecular weight is 358 g/mol. The lowest BCUT2D eigenvalue weighted by atomic mass is 10.2. The van der Waals surface area contributed by atoms with Crippen LogP contribution in [0, 0.1) is 12.7 Å². The van der Waals surface area contributed by atoms with Gasteiger partial charge in [0.1, 0.15) is 17.1 Å². The number of fused-ring (bicyclic) bond motifs is 1. The van der Waals surface area contributed by atoms with Gasteiger partial charge in [-0.3, -0.25) is 4.79 Å². The zero-order chi connectivity index (χ0) is 18.0. The van der Waals surface area contributed by atoms with Crippen LogP contribution in [-0.4, -0.2) is 17.6 Å². The predicted octanol–water partition coefficient (Wildman–Crippen LogP) is 4.31. The normalized spacial score (nSPS) is 11.9. The molecule has 0 radical (unpaired) electrons. The van der Waals surface area contributed by atoms with E-state index in [-0.39, 0.29) is 11.7 Å². The highest BCUT2D eigenvalue weighted by Gasteiger charge is 2.14. The predicted molar refractivity (Wildman–Crippen MR) is 97.7 cm³/mol. The molecule has 1 amide bonds. The maximum absolute atomic E-state index is 13.1. The number of aryl methyl sites for hydroxylation is 2. The molecule has 4 nitrogen and oxygen atoms in total. The van der Waals surface area contributed by atoms with Gasteiger partial charge in [-0.25, -0.2) is 4.39 Å². The number of methoxy groups -OCH3 is 1. The second kappa shape index (κ2) is 7.19. The summed E-state index contributed by atoms with van der Waals surface area (Å²) < 4.78 is 21.6. The highest BCUT2D eigenvalue weighted by Crippen LogP contribution is 2.30. The molecule has 0 aliphatic heterocycles. The van der Waals surface area contributed by atoms with Crippen molar-refractivity contribution in [2.45, 2.75) is 26.8 Å². The van der Waals surface area contributed by atoms with Crippen LogP contribution in [0.1, 0.15) is 29.3 Å². The second-order valence-corrected chi connectivity index (χ2v) is 6.70. The fourth-order valence-electron chi connectivity index (χ4n) is 2.70. The van der Waals surface area contributed by atoms with Crippen molar-refractivity contribution in [1.29, 1.82) is 0 Å². The van der Waals surface area contributed by atoms with Crippen LogP contribution in [0.3, 0.4) is 0 Å². The summed E-state index contributed by atoms with van der Waals surface area (Å²) in [5.74, 6) is 0.00818. The quantitative estimate of drug-likeness (QED) is 0.697. The number of amides is 1. The number of rotatable bonds is 4. The topological polar surface area (TPSA) is 43.6 Å². The van der Waals surface area contributed by atoms with Crippen LogP contribution in [-0.2, 0) is 6.54 Å². The molecule has 1 aromatic heterocycles. The molecule has 1 heterocycles. The maximum Gasteiger partial charge on any atom is 0.279 e. The minimum atomic E-state index is -0.381. The van der Waals surface area contributed by atoms with Crippen LogP contribution in [0.2, 0.25) is 0 Å². The molecule has 130 valence electrons. The van der Waals surface area contributed by atoms with Gasteiger partial charge in [0, 0.05) is 12.1 Å². The highest BCUT2D eigenvalue weighted by atomic mass is 32.1. The smallest absolute Gasteiger partial charge is 0.279 e. The first-order valence-electron chi connectivity index (χ1n) is 8.06. The standard InChI is InChI=1S/C19H19FN2O2S/c1-4-11-22-16-15(24-3)10-5-12(2)17(16)25-19(22)21-18(23)13-6-8-14(20)9-7-13/h5-10H,4,11H2,1-3H3. The number of hydrogen-bond acceptors (Lipinski definition) is 3. The van der Waals surface area contributed by atoms with Gasteiger partial charge >= 0.3 is 0 Å². The third-order valence-electron chi connectivity index (χ3n) is 3.94. The zero-order valence-corrected chi connectivity index (χ0v) is 15.2. The molecule has 0 unspecified atom stereocenters. The zero-order valence-electron chi connectivity index (χ0n) is 14.4. The molecule has 0 aliphatic rings. The van der Waals surface area contributed by atoms with E-state index in [2.05, 4.69) is 11.9 Å². The van der Waals surface area contributed by atoms with Crippen molar-refractivity contribution in [3.63, 3.8) is 0 Å². The summed E-state index contributed by atoms with van der Waals surface area (Å²) in [5, 5.41) is 0. The first-order chi connectivity index (χ1) is 12.0. The Kier molecular flexibility index (Phi) is 4.99. The van der Waals surface area contributed by atoms with Crippen molar-refractivity contribution in [3.8, 4) is 5.75 Å². The van der Waals surface area contributed by atoms with E-state index in [1.54, 1.807) is 7.11 Å². The van der Waals surface area contributed by atoms with Gasteiger partial charge in [0.05, 0.1) is 11.8 Å². The van der Waals surface area contributed by atoms with E-state index in [1.807, 2.05) is 23.6 Å². The third kappa shape index (κ3) is 3.35. The molecule has 0 atom stereocenters. The number of thiazole rings is 1. The monoisotopic (exact) mass is 358 g/mol. The molecule has 25 heavy (non-hydrogen) atoms. The Morgan fingerprint density at radius 3 is 2.60 bits per heavy atom. The first-order valence-corrected chi connectivity index (χ1v) is 8.88. The second-order valence-electron chi connectivity index (χ2n) is 5.72. The lowest BCUT2D eigenvalue weighted by Gasteiger charge is -2.08. The molecule has 0 fully saturated rings. The summed E-state index contributed by atoms with van der Waals surface area (Å²) >= 11 is 1.47. The van der Waals surface area contributed by atoms with E-state index in [4.69, 9.17) is 4.74 Å². The highest BCUT2D eigenvalue weighted by molar-refractivity contribution is 7.16. The van der Waals surface area contributed by atoms with Gasteiger partial charge in [0.2, 0.25) is 0 Å². The molecule has 3 aromatic rings. The van der Waals surface area contributed by atoms with Crippen LogP contribution >= 0.6 is 11.3 Å². The summed E-state index contributed by atoms with van der Waals surface area (Å²) in [4.78, 5) is 17.4. The van der Waals surface area contributed by atoms with E-state index < -0.39 is 0 Å². The summed E-state index contributed by atoms with van der Waals surface area (Å²) in [6, 6.07) is 9.36. The number of ether oxygens (including phenoxy) is 1. The number of aromatic nitrogens is 1. The number of hydrogen-bond donors (Lipinski definition) is 0. The Balaban J connectivity index is 2.21. The fraction of sp³-hybridized carbons (Fsp3) is 0.263. The number of benzene rings is 2. The van der Waals surface area contributed by atoms with Crippen molar-refractivity contribution < 1.29 is 13.9 Å². The van der Waals surface area contributed by atoms with Gasteiger partial charge in [0.25, 0.3) is 5.91 Å². The van der Waals surface area contributed by atoms with Crippen LogP contribution < -0.4 is 9.54 Å². The minimum absolute atomic E-state index is 0.366. The van der Waals surface area contributed by atoms with Gasteiger partial charge in [-0.2, -0.15) is 4.99 Å². The molecule has 3 rings (SSSR count). The minimum Gasteiger partial charge on any atom is -0.495 e. The van der Waals surface area contributed by atoms with Crippen molar-refractivity contribution in [2.24, 2.45) is 4.99 Å². The molecule has 0 N–H and O–H groups in total. The van der Waals surface area contributed by atoms with Gasteiger partial charge in [0.15, 0.2) is 4.80 Å². The van der Waals surface area contributed by atoms with E-state index in [0.717, 1.165) is 34.5 Å². The summed E-state index contributed by atoms with van der Waals surface area (Å²) in [5.41, 5.74) is 2.44. The summed E-state index contributed by atoms with van der Waals surface area (Å²) in [6.45, 7) is 4.83. The van der Waals surface area contributed by atoms with Crippen LogP contribution in [0.25, 0.3) is 10.2 Å². The van der Waals surface area contributed by atoms with Crippen molar-refractivity contribution in [1.82, 2.24) is 4.57 Å². The number of halogens is 1. The molecule has 0 bridgehead atoms. The van der Waals surface area contributed by atoms with Gasteiger partial charge in [-0.05, 0) is 49.2 Å². The Labute approximate surface area is 149 Å². The maximum atomic E-state index is 13.1. The Hall–Kier alpha value is -2.47. The van der Waals surface area contributed by atoms with E-state index in [1.165, 1.54) is 35.6 Å². The van der Waals surface area contributed by atoms with Gasteiger partial charge in [-0.15, -0.1) is 0 Å². The molecule has 0 aliphatic carbocycles. The Morgan fingerprint density at radius 1 is 1.24 bits per heavy atom. The van der Waals surface area contributed by atoms with Gasteiger partial charge < -0.3 is 9.30 Å². The molecule has 0 saturated heterocycles. The summed E-state index contributed by atoms with van der Waals surface area (Å²) in [7, 11) is 1.64. The molecule has 0 spiro atoms. The lowest BCUT2D eigenvalue weighted by Crippen LogP contribution is -2.17. The number of carbonyl (C=O) groups excluding carboxylic acids is 1. The Morgan fingerprint density at radius 2 is 1.96 bits per heavy atom. The van der Waals surface area contributed by atoms with Crippen molar-refractivity contribution in [3.05, 3.63) is 58.1 Å². The third-order valence-corrected chi connectivity index (χ3v) is 5.15. The summed E-state index contributed by atoms with van der Waals surface area (Å²) in [6.07, 6.45) is 0.904. The molecule has 2 aromatic carbocycles. The van der Waals surface area contributed by atoms with Crippen molar-refractivity contribution >= 4 is 27.5 Å². The SMILES string of the molecule is CCCn1c(=NC(=O)c2ccc(F)cc2)sc2c(C)ccc(OC)c21. The Bertz CT molecular complexity index is 987. The van der Waals surface area contributed by atoms with Crippen LogP contribution in [0.4, 0.5) is 4.39 Å². The number of nitrogens with zero attached hydrogens (tertiary/aromatic N) is 2. The van der Waals surface area contributed by atoms with Crippen molar-refractivity contribution in [2.75, 3.05) is 7.11 Å². The molecular weight excluding hydrogens is 339 g/mol. The number of carbonyl (C=O) groups is 1. The lowest BCUT2D eigenvalue weighted by molar-refractivity contribution is 0.0997. The van der Waals surface area contributed by atoms with E-state index >= 15 is 0 Å². The van der Waals surface area contributed by atoms with Crippen LogP contribution in [0.5, 0.6) is 5.75 Å². The molecule has 0 saturated carbocycles. The fourth-order valence-corrected chi connectivity index (χ4v) is 3.84. The van der Waals surface area contributed by atoms with E-state index in [9.17, 15) is 9.18 Å². The average Bonchev–Trinajstić information content (AvgIpc) is 2.96. The van der Waals surface area contributed by atoms with Crippen LogP contribution in [0.15, 0.2) is 41.4 Å². The van der Waals surface area contributed by atoms with Gasteiger partial charge in [-0.1, -0.05) is 24.3 Å².